The van der Waals surface area contributed by atoms with Crippen molar-refractivity contribution in [3.8, 4) is 11.5 Å². The Kier molecular flexibility index (Phi) is 1.62. The Balaban J connectivity index is 2.40. The number of fused-ring (bicyclic) bond motifs is 1. The van der Waals surface area contributed by atoms with Gasteiger partial charge in [0, 0.05) is 0 Å². The van der Waals surface area contributed by atoms with Crippen LogP contribution >= 0.6 is 0 Å². The second-order valence-corrected chi connectivity index (χ2v) is 2.23. The molecule has 0 spiro atoms. The monoisotopic (exact) mass is 164 g/mol. The first kappa shape index (κ1) is 7.02. The molecule has 0 N–H and O–H groups in total. The number of rotatable bonds is 2. The lowest BCUT2D eigenvalue weighted by Gasteiger charge is -2.05. The summed E-state index contributed by atoms with van der Waals surface area (Å²) in [7, 11) is 0. The van der Waals surface area contributed by atoms with E-state index in [9.17, 15) is 0 Å². The van der Waals surface area contributed by atoms with E-state index in [-0.39, 0.29) is 0 Å². The van der Waals surface area contributed by atoms with Crippen molar-refractivity contribution in [2.45, 2.75) is 6.92 Å². The standard InChI is InChI=1S/C7H8N4O/c1-2-12-11-3-6-7(10-5-11)9-4-8-6/h3-5H,2H2,1H3. The van der Waals surface area contributed by atoms with Gasteiger partial charge in [0.05, 0.1) is 6.20 Å². The Morgan fingerprint density at radius 2 is 2.33 bits per heavy atom. The van der Waals surface area contributed by atoms with Gasteiger partial charge in [-0.3, -0.25) is 0 Å². The first-order chi connectivity index (χ1) is 5.90. The van der Waals surface area contributed by atoms with Crippen molar-refractivity contribution >= 4 is 0 Å². The molecule has 62 valence electrons. The summed E-state index contributed by atoms with van der Waals surface area (Å²) in [5.74, 6) is 0.644. The van der Waals surface area contributed by atoms with Crippen molar-refractivity contribution in [3.05, 3.63) is 18.9 Å². The van der Waals surface area contributed by atoms with Gasteiger partial charge in [0.2, 0.25) is 0 Å². The minimum absolute atomic E-state index is 0.603. The molecule has 2 rings (SSSR count). The van der Waals surface area contributed by atoms with E-state index in [1.807, 2.05) is 6.92 Å². The number of imidazole rings is 1. The van der Waals surface area contributed by atoms with Crippen LogP contribution in [0.1, 0.15) is 6.92 Å². The summed E-state index contributed by atoms with van der Waals surface area (Å²) in [6.45, 7) is 2.51. The number of aromatic nitrogens is 4. The van der Waals surface area contributed by atoms with E-state index in [2.05, 4.69) is 15.0 Å². The molecule has 0 aromatic heterocycles. The fourth-order valence-electron chi connectivity index (χ4n) is 0.945. The van der Waals surface area contributed by atoms with Crippen molar-refractivity contribution < 1.29 is 4.84 Å². The van der Waals surface area contributed by atoms with Gasteiger partial charge >= 0.3 is 0 Å². The van der Waals surface area contributed by atoms with Gasteiger partial charge < -0.3 is 4.84 Å². The molecule has 12 heavy (non-hydrogen) atoms. The highest BCUT2D eigenvalue weighted by Gasteiger charge is 2.06. The third-order valence-corrected chi connectivity index (χ3v) is 1.43. The largest absolute Gasteiger partial charge is 0.413 e. The van der Waals surface area contributed by atoms with Gasteiger partial charge in [0.1, 0.15) is 25.0 Å². The molecule has 0 unspecified atom stereocenters. The zero-order chi connectivity index (χ0) is 8.39. The molecule has 0 saturated heterocycles. The summed E-state index contributed by atoms with van der Waals surface area (Å²) < 4.78 is 1.52. The zero-order valence-electron chi connectivity index (χ0n) is 6.64. The molecule has 0 aliphatic carbocycles. The quantitative estimate of drug-likeness (QED) is 0.637. The Bertz CT molecular complexity index is 345. The third-order valence-electron chi connectivity index (χ3n) is 1.43. The van der Waals surface area contributed by atoms with Crippen molar-refractivity contribution in [1.82, 2.24) is 19.7 Å². The molecule has 5 heteroatoms. The average molecular weight is 164 g/mol. The van der Waals surface area contributed by atoms with Gasteiger partial charge in [-0.1, -0.05) is 0 Å². The van der Waals surface area contributed by atoms with E-state index < -0.39 is 0 Å². The van der Waals surface area contributed by atoms with Crippen LogP contribution in [-0.4, -0.2) is 26.3 Å². The fraction of sp³-hybridized carbons (Fsp3) is 0.286. The summed E-state index contributed by atoms with van der Waals surface area (Å²) in [5, 5.41) is 0. The lowest BCUT2D eigenvalue weighted by atomic mass is 10.4. The van der Waals surface area contributed by atoms with Crippen LogP contribution in [0.25, 0.3) is 11.5 Å². The second-order valence-electron chi connectivity index (χ2n) is 2.23. The van der Waals surface area contributed by atoms with E-state index in [0.717, 1.165) is 5.69 Å². The summed E-state index contributed by atoms with van der Waals surface area (Å²) in [5.41, 5.74) is 0.742. The molecule has 0 bridgehead atoms. The van der Waals surface area contributed by atoms with Crippen molar-refractivity contribution in [2.75, 3.05) is 6.61 Å². The van der Waals surface area contributed by atoms with E-state index >= 15 is 0 Å². The van der Waals surface area contributed by atoms with Gasteiger partial charge in [-0.25, -0.2) is 15.0 Å². The Morgan fingerprint density at radius 3 is 3.17 bits per heavy atom. The van der Waals surface area contributed by atoms with E-state index in [1.165, 1.54) is 11.1 Å². The minimum atomic E-state index is 0.603. The summed E-state index contributed by atoms with van der Waals surface area (Å²) in [6, 6.07) is 0. The van der Waals surface area contributed by atoms with Crippen molar-refractivity contribution in [3.63, 3.8) is 0 Å². The molecule has 0 fully saturated rings. The molecule has 0 amide bonds. The average Bonchev–Trinajstić information content (AvgIpc) is 2.51. The maximum absolute atomic E-state index is 5.17. The smallest absolute Gasteiger partial charge is 0.182 e. The molecule has 0 aromatic rings. The topological polar surface area (TPSA) is 52.8 Å². The lowest BCUT2D eigenvalue weighted by molar-refractivity contribution is 0.118. The molecule has 2 aliphatic heterocycles. The second kappa shape index (κ2) is 2.77. The van der Waals surface area contributed by atoms with Crippen LogP contribution in [0.2, 0.25) is 0 Å². The predicted molar refractivity (Wildman–Crippen MR) is 41.6 cm³/mol. The maximum Gasteiger partial charge on any atom is 0.182 e. The molecular weight excluding hydrogens is 156 g/mol. The van der Waals surface area contributed by atoms with Crippen LogP contribution in [0, 0.1) is 0 Å². The highest BCUT2D eigenvalue weighted by Crippen LogP contribution is 2.10. The molecule has 5 nitrogen and oxygen atoms in total. The first-order valence-corrected chi connectivity index (χ1v) is 3.68. The van der Waals surface area contributed by atoms with Crippen LogP contribution in [0.5, 0.6) is 0 Å². The number of hydrogen-bond acceptors (Lipinski definition) is 4. The Hall–Kier alpha value is -1.65. The Labute approximate surface area is 69.3 Å². The highest BCUT2D eigenvalue weighted by molar-refractivity contribution is 5.47. The van der Waals surface area contributed by atoms with Crippen LogP contribution in [0.4, 0.5) is 0 Å². The molecule has 0 atom stereocenters. The first-order valence-electron chi connectivity index (χ1n) is 3.68. The normalized spacial score (nSPS) is 10.4. The van der Waals surface area contributed by atoms with Crippen LogP contribution in [0.15, 0.2) is 18.9 Å². The van der Waals surface area contributed by atoms with Gasteiger partial charge in [-0.15, -0.1) is 0 Å². The third kappa shape index (κ3) is 1.09. The SMILES string of the molecule is CCOn1cnc2ncnc-2c1. The van der Waals surface area contributed by atoms with Gasteiger partial charge in [0.25, 0.3) is 0 Å². The zero-order valence-corrected chi connectivity index (χ0v) is 6.64. The summed E-state index contributed by atoms with van der Waals surface area (Å²) >= 11 is 0. The summed E-state index contributed by atoms with van der Waals surface area (Å²) in [6.07, 6.45) is 4.80. The lowest BCUT2D eigenvalue weighted by Crippen LogP contribution is -2.11. The van der Waals surface area contributed by atoms with Gasteiger partial charge in [0.15, 0.2) is 5.82 Å². The highest BCUT2D eigenvalue weighted by atomic mass is 16.7. The van der Waals surface area contributed by atoms with Crippen LogP contribution in [-0.2, 0) is 0 Å². The van der Waals surface area contributed by atoms with Gasteiger partial charge in [-0.2, -0.15) is 4.73 Å². The molecular formula is C7H8N4O. The maximum atomic E-state index is 5.17. The fourth-order valence-corrected chi connectivity index (χ4v) is 0.945. The molecule has 0 saturated carbocycles. The number of hydrogen-bond donors (Lipinski definition) is 0. The van der Waals surface area contributed by atoms with Crippen molar-refractivity contribution in [1.29, 1.82) is 0 Å². The molecule has 0 aromatic carbocycles. The molecule has 2 heterocycles. The van der Waals surface area contributed by atoms with E-state index in [0.29, 0.717) is 12.4 Å². The van der Waals surface area contributed by atoms with E-state index in [4.69, 9.17) is 4.84 Å². The Morgan fingerprint density at radius 1 is 1.42 bits per heavy atom. The molecule has 0 radical (unpaired) electrons. The minimum Gasteiger partial charge on any atom is -0.413 e. The van der Waals surface area contributed by atoms with Crippen LogP contribution in [0.3, 0.4) is 0 Å². The van der Waals surface area contributed by atoms with Gasteiger partial charge in [-0.05, 0) is 6.92 Å². The van der Waals surface area contributed by atoms with Crippen LogP contribution < -0.4 is 4.84 Å². The molecule has 2 aliphatic rings. The summed E-state index contributed by atoms with van der Waals surface area (Å²) in [4.78, 5) is 17.1. The van der Waals surface area contributed by atoms with Crippen molar-refractivity contribution in [2.24, 2.45) is 0 Å². The van der Waals surface area contributed by atoms with E-state index in [1.54, 1.807) is 12.5 Å². The number of nitrogens with zero attached hydrogens (tertiary/aromatic N) is 4. The predicted octanol–water partition coefficient (Wildman–Crippen LogP) is 0.226.